The Balaban J connectivity index is 1.68. The minimum Gasteiger partial charge on any atom is -0.334 e. The van der Waals surface area contributed by atoms with Crippen LogP contribution in [0.5, 0.6) is 0 Å². The molecule has 1 aliphatic rings. The third-order valence-corrected chi connectivity index (χ3v) is 5.42. The number of amides is 1. The van der Waals surface area contributed by atoms with Crippen LogP contribution in [0.2, 0.25) is 0 Å². The van der Waals surface area contributed by atoms with Crippen molar-refractivity contribution in [3.05, 3.63) is 42.0 Å². The summed E-state index contributed by atoms with van der Waals surface area (Å²) in [6.07, 6.45) is -2.43. The number of benzene rings is 1. The van der Waals surface area contributed by atoms with Crippen molar-refractivity contribution < 1.29 is 18.0 Å². The van der Waals surface area contributed by atoms with Gasteiger partial charge in [0.05, 0.1) is 10.6 Å². The second-order valence-corrected chi connectivity index (χ2v) is 7.07. The van der Waals surface area contributed by atoms with Crippen molar-refractivity contribution in [1.82, 2.24) is 13.9 Å². The number of aromatic nitrogens is 3. The maximum atomic E-state index is 13.0. The highest BCUT2D eigenvalue weighted by molar-refractivity contribution is 7.13. The maximum Gasteiger partial charge on any atom is 0.434 e. The predicted octanol–water partition coefficient (Wildman–Crippen LogP) is 4.05. The molecule has 136 valence electrons. The van der Waals surface area contributed by atoms with E-state index < -0.39 is 17.8 Å². The lowest BCUT2D eigenvalue weighted by Crippen LogP contribution is -2.35. The number of carbonyl (C=O) groups is 1. The molecule has 3 heterocycles. The number of imidazole rings is 1. The predicted molar refractivity (Wildman–Crippen MR) is 92.2 cm³/mol. The number of likely N-dealkylation sites (N-methyl/N-ethyl adjacent to an activating group) is 1. The van der Waals surface area contributed by atoms with E-state index in [1.165, 1.54) is 21.0 Å². The number of hydrogen-bond donors (Lipinski definition) is 0. The second kappa shape index (κ2) is 6.08. The summed E-state index contributed by atoms with van der Waals surface area (Å²) in [4.78, 5) is 18.2. The van der Waals surface area contributed by atoms with Gasteiger partial charge in [0.15, 0.2) is 11.5 Å². The summed E-state index contributed by atoms with van der Waals surface area (Å²) >= 11 is 1.29. The number of carbonyl (C=O) groups excluding carboxylic acids is 1. The monoisotopic (exact) mass is 380 g/mol. The lowest BCUT2D eigenvalue weighted by atomic mass is 9.97. The molecule has 0 saturated carbocycles. The second-order valence-electron chi connectivity index (χ2n) is 6.27. The molecule has 0 N–H and O–H groups in total. The number of nitrogens with zero attached hydrogens (tertiary/aromatic N) is 4. The molecule has 9 heteroatoms. The summed E-state index contributed by atoms with van der Waals surface area (Å²) < 4.78 is 45.7. The quantitative estimate of drug-likeness (QED) is 0.674. The van der Waals surface area contributed by atoms with Crippen LogP contribution in [0.1, 0.15) is 30.3 Å². The van der Waals surface area contributed by atoms with Gasteiger partial charge in [-0.25, -0.2) is 4.98 Å². The zero-order valence-corrected chi connectivity index (χ0v) is 14.6. The third kappa shape index (κ3) is 2.76. The summed E-state index contributed by atoms with van der Waals surface area (Å²) in [6.45, 7) is 0.436. The Hall–Kier alpha value is -2.42. The van der Waals surface area contributed by atoms with Crippen LogP contribution in [0.25, 0.3) is 10.1 Å². The molecule has 0 bridgehead atoms. The van der Waals surface area contributed by atoms with Gasteiger partial charge in [0.25, 0.3) is 0 Å². The van der Waals surface area contributed by atoms with Gasteiger partial charge < -0.3 is 4.57 Å². The highest BCUT2D eigenvalue weighted by Gasteiger charge is 2.39. The van der Waals surface area contributed by atoms with Crippen molar-refractivity contribution in [1.29, 1.82) is 0 Å². The fraction of sp³-hybridized carbons (Fsp3) is 0.353. The number of aryl methyl sites for hydroxylation is 1. The molecule has 1 amide bonds. The lowest BCUT2D eigenvalue weighted by molar-refractivity contribution is -0.141. The summed E-state index contributed by atoms with van der Waals surface area (Å²) in [6, 6.07) is 7.55. The number of alkyl halides is 3. The van der Waals surface area contributed by atoms with Crippen LogP contribution in [0.3, 0.4) is 0 Å². The standard InChI is InChI=1S/C17H15F3N4OS/c1-23(15-10-5-2-3-7-12(10)26-22-15)16(25)11-6-4-8-24-9-13(17(18,19)20)21-14(11)24/h2-3,5,7,9,11H,4,6,8H2,1H3. The molecule has 26 heavy (non-hydrogen) atoms. The van der Waals surface area contributed by atoms with E-state index in [-0.39, 0.29) is 11.7 Å². The molecule has 2 aromatic heterocycles. The summed E-state index contributed by atoms with van der Waals surface area (Å²) in [7, 11) is 1.61. The molecule has 0 radical (unpaired) electrons. The minimum atomic E-state index is -4.52. The number of halogens is 3. The highest BCUT2D eigenvalue weighted by Crippen LogP contribution is 2.36. The molecule has 1 aliphatic heterocycles. The van der Waals surface area contributed by atoms with Gasteiger partial charge in [0.1, 0.15) is 5.82 Å². The largest absolute Gasteiger partial charge is 0.434 e. The van der Waals surface area contributed by atoms with Gasteiger partial charge in [-0.3, -0.25) is 9.69 Å². The molecule has 0 spiro atoms. The summed E-state index contributed by atoms with van der Waals surface area (Å²) in [5.41, 5.74) is -0.950. The topological polar surface area (TPSA) is 51.0 Å². The molecular weight excluding hydrogens is 365 g/mol. The Morgan fingerprint density at radius 1 is 1.35 bits per heavy atom. The van der Waals surface area contributed by atoms with Crippen LogP contribution in [0.15, 0.2) is 30.5 Å². The smallest absolute Gasteiger partial charge is 0.334 e. The van der Waals surface area contributed by atoms with Gasteiger partial charge >= 0.3 is 6.18 Å². The van der Waals surface area contributed by atoms with Crippen LogP contribution in [-0.4, -0.2) is 26.9 Å². The van der Waals surface area contributed by atoms with E-state index in [0.29, 0.717) is 25.2 Å². The number of anilines is 1. The van der Waals surface area contributed by atoms with Crippen LogP contribution in [-0.2, 0) is 17.5 Å². The minimum absolute atomic E-state index is 0.181. The van der Waals surface area contributed by atoms with Crippen molar-refractivity contribution in [2.45, 2.75) is 31.5 Å². The van der Waals surface area contributed by atoms with E-state index in [9.17, 15) is 18.0 Å². The van der Waals surface area contributed by atoms with Crippen LogP contribution in [0.4, 0.5) is 19.0 Å². The Labute approximate surface area is 151 Å². The van der Waals surface area contributed by atoms with E-state index in [1.807, 2.05) is 24.3 Å². The Morgan fingerprint density at radius 2 is 2.12 bits per heavy atom. The van der Waals surface area contributed by atoms with Crippen LogP contribution in [0, 0.1) is 0 Å². The number of fused-ring (bicyclic) bond motifs is 2. The molecule has 1 unspecified atom stereocenters. The molecule has 0 aliphatic carbocycles. The Bertz CT molecular complexity index is 978. The Kier molecular flexibility index (Phi) is 3.98. The number of rotatable bonds is 2. The first kappa shape index (κ1) is 17.0. The van der Waals surface area contributed by atoms with Crippen molar-refractivity contribution >= 4 is 33.3 Å². The van der Waals surface area contributed by atoms with E-state index >= 15 is 0 Å². The molecule has 5 nitrogen and oxygen atoms in total. The van der Waals surface area contributed by atoms with Gasteiger partial charge in [-0.15, -0.1) is 0 Å². The fourth-order valence-corrected chi connectivity index (χ4v) is 4.11. The molecule has 1 aromatic carbocycles. The van der Waals surface area contributed by atoms with E-state index in [0.717, 1.165) is 16.3 Å². The van der Waals surface area contributed by atoms with Crippen molar-refractivity contribution in [3.63, 3.8) is 0 Å². The van der Waals surface area contributed by atoms with E-state index in [4.69, 9.17) is 0 Å². The van der Waals surface area contributed by atoms with Crippen molar-refractivity contribution in [2.75, 3.05) is 11.9 Å². The molecule has 1 atom stereocenters. The van der Waals surface area contributed by atoms with Gasteiger partial charge in [-0.1, -0.05) is 12.1 Å². The van der Waals surface area contributed by atoms with Gasteiger partial charge in [-0.2, -0.15) is 17.5 Å². The Morgan fingerprint density at radius 3 is 2.88 bits per heavy atom. The van der Waals surface area contributed by atoms with Gasteiger partial charge in [0.2, 0.25) is 5.91 Å². The first-order valence-corrected chi connectivity index (χ1v) is 8.90. The average molecular weight is 380 g/mol. The highest BCUT2D eigenvalue weighted by atomic mass is 32.1. The van der Waals surface area contributed by atoms with Crippen molar-refractivity contribution in [3.8, 4) is 0 Å². The molecule has 0 fully saturated rings. The molecule has 4 rings (SSSR count). The SMILES string of the molecule is CN(C(=O)C1CCCn2cc(C(F)(F)F)nc21)c1nsc2ccccc12. The lowest BCUT2D eigenvalue weighted by Gasteiger charge is -2.26. The maximum absolute atomic E-state index is 13.0. The van der Waals surface area contributed by atoms with E-state index in [2.05, 4.69) is 9.36 Å². The first-order valence-electron chi connectivity index (χ1n) is 8.12. The van der Waals surface area contributed by atoms with Crippen LogP contribution >= 0.6 is 11.5 Å². The summed E-state index contributed by atoms with van der Waals surface area (Å²) in [5.74, 6) is -0.290. The molecule has 0 saturated heterocycles. The first-order chi connectivity index (χ1) is 12.4. The van der Waals surface area contributed by atoms with Crippen LogP contribution < -0.4 is 4.90 Å². The van der Waals surface area contributed by atoms with E-state index in [1.54, 1.807) is 7.05 Å². The summed E-state index contributed by atoms with van der Waals surface area (Å²) in [5, 5.41) is 0.850. The van der Waals surface area contributed by atoms with Gasteiger partial charge in [0, 0.05) is 25.2 Å². The zero-order valence-electron chi connectivity index (χ0n) is 13.8. The molecule has 3 aromatic rings. The average Bonchev–Trinajstić information content (AvgIpc) is 3.24. The fourth-order valence-electron chi connectivity index (χ4n) is 3.31. The zero-order chi connectivity index (χ0) is 18.5. The normalized spacial score (nSPS) is 17.3. The third-order valence-electron chi connectivity index (χ3n) is 4.61. The van der Waals surface area contributed by atoms with Crippen molar-refractivity contribution in [2.24, 2.45) is 0 Å². The molecular formula is C17H15F3N4OS. The van der Waals surface area contributed by atoms with Gasteiger partial charge in [-0.05, 0) is 36.5 Å². The number of hydrogen-bond acceptors (Lipinski definition) is 4.